The van der Waals surface area contributed by atoms with Crippen LogP contribution in [-0.2, 0) is 27.2 Å². The summed E-state index contributed by atoms with van der Waals surface area (Å²) in [7, 11) is 1.80. The largest absolute Gasteiger partial charge is 0.492 e. The van der Waals surface area contributed by atoms with E-state index in [1.165, 1.54) is 5.56 Å². The predicted octanol–water partition coefficient (Wildman–Crippen LogP) is 2.54. The van der Waals surface area contributed by atoms with Crippen molar-refractivity contribution in [2.24, 2.45) is 5.92 Å². The van der Waals surface area contributed by atoms with Gasteiger partial charge < -0.3 is 9.64 Å². The minimum absolute atomic E-state index is 0.120. The number of hydrogen-bond donors (Lipinski definition) is 1. The number of carbonyl (C=O) groups is 3. The van der Waals surface area contributed by atoms with Crippen molar-refractivity contribution in [2.45, 2.75) is 38.5 Å². The molecule has 0 spiro atoms. The first-order valence-corrected chi connectivity index (χ1v) is 10.7. The molecule has 3 amide bonds. The minimum Gasteiger partial charge on any atom is -0.492 e. The number of rotatable bonds is 11. The maximum Gasteiger partial charge on any atom is 0.230 e. The van der Waals surface area contributed by atoms with Gasteiger partial charge in [-0.05, 0) is 55.0 Å². The molecule has 1 saturated heterocycles. The maximum atomic E-state index is 12.3. The molecule has 2 aromatic rings. The van der Waals surface area contributed by atoms with E-state index in [1.54, 1.807) is 18.1 Å². The molecule has 3 rings (SSSR count). The molecule has 1 aliphatic rings. The predicted molar refractivity (Wildman–Crippen MR) is 116 cm³/mol. The number of nitrogens with one attached hydrogen (secondary N) is 1. The first-order chi connectivity index (χ1) is 15.0. The molecule has 0 aliphatic carbocycles. The highest BCUT2D eigenvalue weighted by Gasteiger charge is 2.30. The third-order valence-electron chi connectivity index (χ3n) is 5.42. The molecule has 1 fully saturated rings. The van der Waals surface area contributed by atoms with Gasteiger partial charge in [-0.25, -0.2) is 0 Å². The number of aryl methyl sites for hydroxylation is 1. The van der Waals surface area contributed by atoms with E-state index in [-0.39, 0.29) is 30.1 Å². The normalized spacial score (nSPS) is 15.6. The van der Waals surface area contributed by atoms with Crippen LogP contribution in [-0.4, -0.2) is 47.8 Å². The number of benzene rings is 1. The zero-order valence-electron chi connectivity index (χ0n) is 17.9. The van der Waals surface area contributed by atoms with Crippen LogP contribution in [0.1, 0.15) is 36.8 Å². The van der Waals surface area contributed by atoms with Gasteiger partial charge in [0.1, 0.15) is 12.4 Å². The van der Waals surface area contributed by atoms with Crippen molar-refractivity contribution in [3.8, 4) is 5.75 Å². The second kappa shape index (κ2) is 11.2. The van der Waals surface area contributed by atoms with Crippen molar-refractivity contribution >= 4 is 17.7 Å². The Labute approximate surface area is 182 Å². The first kappa shape index (κ1) is 22.5. The van der Waals surface area contributed by atoms with E-state index >= 15 is 0 Å². The molecular formula is C24H29N3O4. The lowest BCUT2D eigenvalue weighted by Crippen LogP contribution is -2.30. The van der Waals surface area contributed by atoms with Crippen LogP contribution in [0.3, 0.4) is 0 Å². The fourth-order valence-electron chi connectivity index (χ4n) is 3.55. The number of hydrogen-bond acceptors (Lipinski definition) is 5. The summed E-state index contributed by atoms with van der Waals surface area (Å²) in [5.74, 6) is 0.142. The quantitative estimate of drug-likeness (QED) is 0.443. The van der Waals surface area contributed by atoms with E-state index < -0.39 is 0 Å². The number of likely N-dealkylation sites (N-methyl/N-ethyl adjacent to an activating group) is 1. The number of carbonyl (C=O) groups excluding carboxylic acids is 3. The average molecular weight is 424 g/mol. The van der Waals surface area contributed by atoms with Crippen molar-refractivity contribution < 1.29 is 19.1 Å². The van der Waals surface area contributed by atoms with Crippen LogP contribution in [0.5, 0.6) is 5.75 Å². The van der Waals surface area contributed by atoms with E-state index in [4.69, 9.17) is 4.74 Å². The van der Waals surface area contributed by atoms with E-state index in [0.717, 1.165) is 24.8 Å². The summed E-state index contributed by atoms with van der Waals surface area (Å²) >= 11 is 0. The summed E-state index contributed by atoms with van der Waals surface area (Å²) < 4.78 is 5.74. The molecule has 7 nitrogen and oxygen atoms in total. The molecular weight excluding hydrogens is 394 g/mol. The molecule has 1 aliphatic heterocycles. The molecule has 1 N–H and O–H groups in total. The minimum atomic E-state index is -0.289. The Hall–Kier alpha value is -3.22. The summed E-state index contributed by atoms with van der Waals surface area (Å²) in [6.45, 7) is 0.935. The molecule has 7 heteroatoms. The van der Waals surface area contributed by atoms with Gasteiger partial charge in [-0.15, -0.1) is 0 Å². The number of pyridine rings is 1. The lowest BCUT2D eigenvalue weighted by atomic mass is 9.98. The van der Waals surface area contributed by atoms with Crippen molar-refractivity contribution in [1.29, 1.82) is 0 Å². The van der Waals surface area contributed by atoms with Gasteiger partial charge in [-0.2, -0.15) is 0 Å². The number of unbranched alkanes of at least 4 members (excludes halogenated alkanes) is 1. The molecule has 1 aromatic heterocycles. The van der Waals surface area contributed by atoms with Crippen molar-refractivity contribution in [1.82, 2.24) is 15.2 Å². The van der Waals surface area contributed by atoms with E-state index in [1.807, 2.05) is 36.5 Å². The highest BCUT2D eigenvalue weighted by atomic mass is 16.5. The van der Waals surface area contributed by atoms with E-state index in [9.17, 15) is 14.4 Å². The van der Waals surface area contributed by atoms with Crippen LogP contribution in [0.25, 0.3) is 0 Å². The summed E-state index contributed by atoms with van der Waals surface area (Å²) in [5.41, 5.74) is 2.18. The second-order valence-corrected chi connectivity index (χ2v) is 7.89. The Morgan fingerprint density at radius 3 is 2.65 bits per heavy atom. The highest BCUT2D eigenvalue weighted by molar-refractivity contribution is 6.03. The van der Waals surface area contributed by atoms with Gasteiger partial charge in [0.15, 0.2) is 0 Å². The smallest absolute Gasteiger partial charge is 0.230 e. The molecule has 2 heterocycles. The van der Waals surface area contributed by atoms with Crippen LogP contribution in [0.2, 0.25) is 0 Å². The lowest BCUT2D eigenvalue weighted by Gasteiger charge is -2.17. The lowest BCUT2D eigenvalue weighted by molar-refractivity contribution is -0.130. The van der Waals surface area contributed by atoms with Crippen LogP contribution in [0.15, 0.2) is 48.8 Å². The maximum absolute atomic E-state index is 12.3. The molecule has 0 bridgehead atoms. The number of nitrogens with zero attached hydrogens (tertiary/aromatic N) is 2. The van der Waals surface area contributed by atoms with Crippen LogP contribution < -0.4 is 10.1 Å². The number of ether oxygens (including phenoxy) is 1. The molecule has 31 heavy (non-hydrogen) atoms. The van der Waals surface area contributed by atoms with Gasteiger partial charge in [0, 0.05) is 32.3 Å². The van der Waals surface area contributed by atoms with Crippen molar-refractivity contribution in [3.63, 3.8) is 0 Å². The van der Waals surface area contributed by atoms with Gasteiger partial charge >= 0.3 is 0 Å². The zero-order chi connectivity index (χ0) is 22.1. The van der Waals surface area contributed by atoms with Crippen LogP contribution in [0.4, 0.5) is 0 Å². The number of aromatic nitrogens is 1. The summed E-state index contributed by atoms with van der Waals surface area (Å²) in [5, 5.41) is 2.33. The molecule has 1 unspecified atom stereocenters. The monoisotopic (exact) mass is 423 g/mol. The molecule has 0 saturated carbocycles. The Balaban J connectivity index is 1.31. The molecule has 0 radical (unpaired) electrons. The van der Waals surface area contributed by atoms with Crippen LogP contribution in [0, 0.1) is 5.92 Å². The third kappa shape index (κ3) is 7.20. The zero-order valence-corrected chi connectivity index (χ0v) is 17.9. The SMILES string of the molecule is CN(CCOc1ccc(CC2CC(=O)NC2=O)cc1)C(=O)CCCCc1cccnc1. The van der Waals surface area contributed by atoms with E-state index in [0.29, 0.717) is 31.7 Å². The fourth-order valence-corrected chi connectivity index (χ4v) is 3.55. The standard InChI is InChI=1S/C24H29N3O4/c1-27(23(29)7-3-2-5-19-6-4-12-25-17-19)13-14-31-21-10-8-18(9-11-21)15-20-16-22(28)26-24(20)30/h4,6,8-12,17,20H,2-3,5,7,13-16H2,1H3,(H,26,28,30). The number of amides is 3. The average Bonchev–Trinajstić information content (AvgIpc) is 3.09. The summed E-state index contributed by atoms with van der Waals surface area (Å²) in [6, 6.07) is 11.5. The van der Waals surface area contributed by atoms with Gasteiger partial charge in [0.25, 0.3) is 0 Å². The van der Waals surface area contributed by atoms with Crippen LogP contribution >= 0.6 is 0 Å². The van der Waals surface area contributed by atoms with Gasteiger partial charge in [-0.3, -0.25) is 24.7 Å². The van der Waals surface area contributed by atoms with Crippen molar-refractivity contribution in [3.05, 3.63) is 59.9 Å². The Morgan fingerprint density at radius 2 is 1.97 bits per heavy atom. The van der Waals surface area contributed by atoms with Gasteiger partial charge in [-0.1, -0.05) is 18.2 Å². The van der Waals surface area contributed by atoms with Gasteiger partial charge in [0.2, 0.25) is 17.7 Å². The Bertz CT molecular complexity index is 883. The van der Waals surface area contributed by atoms with Gasteiger partial charge in [0.05, 0.1) is 12.5 Å². The second-order valence-electron chi connectivity index (χ2n) is 7.89. The van der Waals surface area contributed by atoms with Crippen molar-refractivity contribution in [2.75, 3.05) is 20.2 Å². The third-order valence-corrected chi connectivity index (χ3v) is 5.42. The molecule has 164 valence electrons. The summed E-state index contributed by atoms with van der Waals surface area (Å²) in [6.07, 6.45) is 7.70. The number of imide groups is 1. The topological polar surface area (TPSA) is 88.6 Å². The first-order valence-electron chi connectivity index (χ1n) is 10.7. The highest BCUT2D eigenvalue weighted by Crippen LogP contribution is 2.19. The molecule has 1 aromatic carbocycles. The Kier molecular flexibility index (Phi) is 8.15. The summed E-state index contributed by atoms with van der Waals surface area (Å²) in [4.78, 5) is 41.0. The fraction of sp³-hybridized carbons (Fsp3) is 0.417. The van der Waals surface area contributed by atoms with E-state index in [2.05, 4.69) is 16.4 Å². The molecule has 1 atom stereocenters. The Morgan fingerprint density at radius 1 is 1.16 bits per heavy atom.